The van der Waals surface area contributed by atoms with Crippen LogP contribution in [0.2, 0.25) is 0 Å². The van der Waals surface area contributed by atoms with Crippen LogP contribution in [0.15, 0.2) is 97.2 Å². The zero-order chi connectivity index (χ0) is 53.6. The van der Waals surface area contributed by atoms with Gasteiger partial charge in [-0.1, -0.05) is 259 Å². The molecule has 0 radical (unpaired) electrons. The lowest BCUT2D eigenvalue weighted by Gasteiger charge is -2.18. The van der Waals surface area contributed by atoms with E-state index in [-0.39, 0.29) is 31.1 Å². The minimum atomic E-state index is -0.791. The van der Waals surface area contributed by atoms with Gasteiger partial charge in [-0.15, -0.1) is 0 Å². The van der Waals surface area contributed by atoms with Crippen LogP contribution < -0.4 is 0 Å². The van der Waals surface area contributed by atoms with Gasteiger partial charge < -0.3 is 14.2 Å². The highest BCUT2D eigenvalue weighted by Crippen LogP contribution is 2.15. The Hall–Kier alpha value is -3.67. The molecule has 424 valence electrons. The Morgan fingerprint density at radius 3 is 0.865 bits per heavy atom. The Balaban J connectivity index is 4.39. The van der Waals surface area contributed by atoms with Crippen LogP contribution in [0.3, 0.4) is 0 Å². The molecule has 74 heavy (non-hydrogen) atoms. The Labute approximate surface area is 457 Å². The van der Waals surface area contributed by atoms with Gasteiger partial charge in [0.15, 0.2) is 6.10 Å². The quantitative estimate of drug-likeness (QED) is 0.0261. The molecule has 6 heteroatoms. The highest BCUT2D eigenvalue weighted by atomic mass is 16.6. The van der Waals surface area contributed by atoms with Gasteiger partial charge in [-0.2, -0.15) is 0 Å². The Bertz CT molecular complexity index is 1460. The van der Waals surface area contributed by atoms with E-state index < -0.39 is 6.10 Å². The van der Waals surface area contributed by atoms with Crippen molar-refractivity contribution in [1.29, 1.82) is 0 Å². The van der Waals surface area contributed by atoms with Gasteiger partial charge >= 0.3 is 17.9 Å². The molecule has 0 saturated carbocycles. The molecule has 0 saturated heterocycles. The van der Waals surface area contributed by atoms with Crippen molar-refractivity contribution < 1.29 is 28.6 Å². The lowest BCUT2D eigenvalue weighted by Crippen LogP contribution is -2.30. The molecule has 0 heterocycles. The summed E-state index contributed by atoms with van der Waals surface area (Å²) in [5.41, 5.74) is 0. The van der Waals surface area contributed by atoms with Crippen LogP contribution in [0.4, 0.5) is 0 Å². The lowest BCUT2D eigenvalue weighted by atomic mass is 10.1. The fraction of sp³-hybridized carbons (Fsp3) is 0.721. The van der Waals surface area contributed by atoms with Crippen LogP contribution in [0, 0.1) is 0 Å². The third-order valence-electron chi connectivity index (χ3n) is 13.3. The summed E-state index contributed by atoms with van der Waals surface area (Å²) < 4.78 is 16.9. The van der Waals surface area contributed by atoms with Gasteiger partial charge in [0.05, 0.1) is 0 Å². The molecule has 0 fully saturated rings. The number of unbranched alkanes of at least 4 members (excludes halogenated alkanes) is 29. The zero-order valence-corrected chi connectivity index (χ0v) is 48.6. The first-order chi connectivity index (χ1) is 36.5. The Morgan fingerprint density at radius 2 is 0.541 bits per heavy atom. The van der Waals surface area contributed by atoms with Gasteiger partial charge in [0.25, 0.3) is 0 Å². The molecular weight excluding hydrogens is 913 g/mol. The number of carbonyl (C=O) groups is 3. The third-order valence-corrected chi connectivity index (χ3v) is 13.3. The van der Waals surface area contributed by atoms with E-state index in [0.29, 0.717) is 19.3 Å². The van der Waals surface area contributed by atoms with Crippen LogP contribution >= 0.6 is 0 Å². The largest absolute Gasteiger partial charge is 0.462 e. The minimum absolute atomic E-state index is 0.0880. The molecule has 0 spiro atoms. The number of carbonyl (C=O) groups excluding carboxylic acids is 3. The number of hydrogen-bond donors (Lipinski definition) is 0. The first-order valence-corrected chi connectivity index (χ1v) is 31.2. The number of allylic oxidation sites excluding steroid dienone is 16. The van der Waals surface area contributed by atoms with Crippen molar-refractivity contribution in [1.82, 2.24) is 0 Å². The summed E-state index contributed by atoms with van der Waals surface area (Å²) in [4.78, 5) is 38.3. The molecule has 0 amide bonds. The van der Waals surface area contributed by atoms with Crippen LogP contribution in [0.5, 0.6) is 0 Å². The van der Waals surface area contributed by atoms with E-state index in [1.165, 1.54) is 135 Å². The average Bonchev–Trinajstić information content (AvgIpc) is 3.40. The van der Waals surface area contributed by atoms with Gasteiger partial charge in [-0.25, -0.2) is 0 Å². The first-order valence-electron chi connectivity index (χ1n) is 31.2. The van der Waals surface area contributed by atoms with E-state index in [0.717, 1.165) is 122 Å². The van der Waals surface area contributed by atoms with Crippen molar-refractivity contribution in [2.75, 3.05) is 13.2 Å². The predicted octanol–water partition coefficient (Wildman–Crippen LogP) is 21.3. The van der Waals surface area contributed by atoms with Gasteiger partial charge in [-0.3, -0.25) is 14.4 Å². The topological polar surface area (TPSA) is 78.9 Å². The Morgan fingerprint density at radius 1 is 0.284 bits per heavy atom. The molecule has 0 bridgehead atoms. The van der Waals surface area contributed by atoms with Crippen molar-refractivity contribution in [3.63, 3.8) is 0 Å². The second kappa shape index (κ2) is 61.9. The number of hydrogen-bond acceptors (Lipinski definition) is 6. The van der Waals surface area contributed by atoms with Crippen molar-refractivity contribution >= 4 is 17.9 Å². The van der Waals surface area contributed by atoms with E-state index in [2.05, 4.69) is 118 Å². The smallest absolute Gasteiger partial charge is 0.306 e. The molecule has 0 N–H and O–H groups in total. The molecule has 0 rings (SSSR count). The third kappa shape index (κ3) is 59.2. The minimum Gasteiger partial charge on any atom is -0.462 e. The molecule has 0 aliphatic heterocycles. The van der Waals surface area contributed by atoms with Crippen molar-refractivity contribution in [3.8, 4) is 0 Å². The maximum Gasteiger partial charge on any atom is 0.306 e. The number of esters is 3. The van der Waals surface area contributed by atoms with Crippen LogP contribution in [-0.2, 0) is 28.6 Å². The van der Waals surface area contributed by atoms with E-state index in [9.17, 15) is 14.4 Å². The number of rotatable bonds is 56. The van der Waals surface area contributed by atoms with Crippen LogP contribution in [0.1, 0.15) is 297 Å². The maximum absolute atomic E-state index is 12.9. The summed E-state index contributed by atoms with van der Waals surface area (Å²) in [5.74, 6) is -0.906. The van der Waals surface area contributed by atoms with E-state index >= 15 is 0 Å². The van der Waals surface area contributed by atoms with E-state index in [4.69, 9.17) is 14.2 Å². The number of ether oxygens (including phenoxy) is 3. The van der Waals surface area contributed by atoms with E-state index in [1.54, 1.807) is 0 Å². The summed E-state index contributed by atoms with van der Waals surface area (Å²) >= 11 is 0. The summed E-state index contributed by atoms with van der Waals surface area (Å²) in [6.45, 7) is 6.48. The molecule has 6 nitrogen and oxygen atoms in total. The van der Waals surface area contributed by atoms with E-state index in [1.807, 2.05) is 0 Å². The summed E-state index contributed by atoms with van der Waals surface area (Å²) in [6, 6.07) is 0. The van der Waals surface area contributed by atoms with Crippen LogP contribution in [0.25, 0.3) is 0 Å². The summed E-state index contributed by atoms with van der Waals surface area (Å²) in [5, 5.41) is 0. The lowest BCUT2D eigenvalue weighted by molar-refractivity contribution is -0.167. The highest BCUT2D eigenvalue weighted by molar-refractivity contribution is 5.71. The van der Waals surface area contributed by atoms with Gasteiger partial charge in [0.2, 0.25) is 0 Å². The standard InChI is InChI=1S/C68H116O6/c1-4-7-10-13-16-19-22-25-28-30-32-34-36-38-40-43-46-49-52-55-58-61-67(70)73-64-65(63-72-66(69)60-57-54-51-48-45-42-27-24-21-18-15-12-9-6-3)74-68(71)62-59-56-53-50-47-44-41-39-37-35-33-31-29-26-23-20-17-14-11-8-5-2/h7,10,15-16,18-19,23-28,31-34,65H,4-6,8-9,11-14,17,20-22,29-30,35-64H2,1-3H3/b10-7-,18-15-,19-16-,26-23-,27-24-,28-25-,33-31-,34-32-. The molecule has 1 unspecified atom stereocenters. The zero-order valence-electron chi connectivity index (χ0n) is 48.6. The van der Waals surface area contributed by atoms with Crippen molar-refractivity contribution in [2.45, 2.75) is 303 Å². The molecule has 0 aliphatic carbocycles. The molecule has 0 aromatic rings. The SMILES string of the molecule is CC/C=C\C/C=C\C/C=C\C/C=C\CCCCCCCCCCC(=O)OCC(COC(=O)CCCCCCC/C=C\C/C=C\CCCC)OC(=O)CCCCCCCCCCC/C=C\C/C=C\CCCCCCC. The normalized spacial score (nSPS) is 12.7. The second-order valence-electron chi connectivity index (χ2n) is 20.6. The van der Waals surface area contributed by atoms with Crippen molar-refractivity contribution in [2.24, 2.45) is 0 Å². The van der Waals surface area contributed by atoms with Gasteiger partial charge in [0, 0.05) is 19.3 Å². The summed E-state index contributed by atoms with van der Waals surface area (Å²) in [7, 11) is 0. The van der Waals surface area contributed by atoms with Gasteiger partial charge in [0.1, 0.15) is 13.2 Å². The second-order valence-corrected chi connectivity index (χ2v) is 20.6. The molecule has 0 aromatic carbocycles. The monoisotopic (exact) mass is 1030 g/mol. The highest BCUT2D eigenvalue weighted by Gasteiger charge is 2.19. The molecule has 0 aromatic heterocycles. The maximum atomic E-state index is 12.9. The first kappa shape index (κ1) is 70.3. The predicted molar refractivity (Wildman–Crippen MR) is 320 cm³/mol. The van der Waals surface area contributed by atoms with Crippen molar-refractivity contribution in [3.05, 3.63) is 97.2 Å². The molecule has 1 atom stereocenters. The average molecular weight is 1030 g/mol. The Kier molecular flexibility index (Phi) is 58.8. The molecule has 0 aliphatic rings. The van der Waals surface area contributed by atoms with Crippen LogP contribution in [-0.4, -0.2) is 37.2 Å². The fourth-order valence-electron chi connectivity index (χ4n) is 8.60. The fourth-order valence-corrected chi connectivity index (χ4v) is 8.60. The van der Waals surface area contributed by atoms with Gasteiger partial charge in [-0.05, 0) is 116 Å². The summed E-state index contributed by atoms with van der Waals surface area (Å²) in [6.07, 6.45) is 82.6. The molecular formula is C68H116O6.